The SMILES string of the molecule is CS(=O)(=O)c1ccc(C(CC(=O)[C@@H]2CNC(=O)N2)c2ccc(F)c(Cl)c2)cc1. The number of rotatable bonds is 6. The molecule has 2 aromatic rings. The molecule has 1 aliphatic heterocycles. The van der Waals surface area contributed by atoms with Gasteiger partial charge in [0.1, 0.15) is 11.9 Å². The number of benzene rings is 2. The highest BCUT2D eigenvalue weighted by Gasteiger charge is 2.29. The zero-order valence-electron chi connectivity index (χ0n) is 14.9. The monoisotopic (exact) mass is 424 g/mol. The number of urea groups is 1. The number of hydrogen-bond donors (Lipinski definition) is 2. The lowest BCUT2D eigenvalue weighted by Crippen LogP contribution is -2.35. The van der Waals surface area contributed by atoms with E-state index < -0.39 is 33.6 Å². The predicted octanol–water partition coefficient (Wildman–Crippen LogP) is 2.66. The fourth-order valence-electron chi connectivity index (χ4n) is 3.10. The Balaban J connectivity index is 1.95. The van der Waals surface area contributed by atoms with Crippen LogP contribution in [-0.2, 0) is 14.6 Å². The maximum absolute atomic E-state index is 13.6. The summed E-state index contributed by atoms with van der Waals surface area (Å²) in [6.45, 7) is 0.196. The first-order valence-corrected chi connectivity index (χ1v) is 10.7. The summed E-state index contributed by atoms with van der Waals surface area (Å²) in [5, 5.41) is 5.01. The number of carbonyl (C=O) groups is 2. The van der Waals surface area contributed by atoms with Crippen molar-refractivity contribution in [2.45, 2.75) is 23.3 Å². The van der Waals surface area contributed by atoms with Crippen LogP contribution in [0.25, 0.3) is 0 Å². The molecule has 0 bridgehead atoms. The Hall–Kier alpha value is -2.45. The van der Waals surface area contributed by atoms with Crippen LogP contribution in [0.3, 0.4) is 0 Å². The molecule has 0 aromatic heterocycles. The highest BCUT2D eigenvalue weighted by Crippen LogP contribution is 2.32. The van der Waals surface area contributed by atoms with Gasteiger partial charge in [-0.15, -0.1) is 0 Å². The molecular weight excluding hydrogens is 407 g/mol. The van der Waals surface area contributed by atoms with Gasteiger partial charge in [-0.2, -0.15) is 0 Å². The minimum absolute atomic E-state index is 0.0345. The molecule has 2 aromatic carbocycles. The highest BCUT2D eigenvalue weighted by atomic mass is 35.5. The van der Waals surface area contributed by atoms with Gasteiger partial charge < -0.3 is 10.6 Å². The molecular formula is C19H18ClFN2O4S. The molecule has 1 aliphatic rings. The number of carbonyl (C=O) groups excluding carboxylic acids is 2. The molecule has 1 unspecified atom stereocenters. The van der Waals surface area contributed by atoms with Crippen LogP contribution in [0.2, 0.25) is 5.02 Å². The number of ketones is 1. The zero-order chi connectivity index (χ0) is 20.5. The van der Waals surface area contributed by atoms with Crippen molar-refractivity contribution in [3.05, 3.63) is 64.4 Å². The second kappa shape index (κ2) is 7.89. The van der Waals surface area contributed by atoms with E-state index in [1.165, 1.54) is 30.3 Å². The zero-order valence-corrected chi connectivity index (χ0v) is 16.5. The third-order valence-corrected chi connectivity index (χ3v) is 6.04. The third kappa shape index (κ3) is 4.51. The molecule has 0 aliphatic carbocycles. The lowest BCUT2D eigenvalue weighted by molar-refractivity contribution is -0.120. The van der Waals surface area contributed by atoms with Crippen molar-refractivity contribution in [3.8, 4) is 0 Å². The second-order valence-electron chi connectivity index (χ2n) is 6.64. The summed E-state index contributed by atoms with van der Waals surface area (Å²) in [7, 11) is -3.36. The van der Waals surface area contributed by atoms with Crippen molar-refractivity contribution in [2.24, 2.45) is 0 Å². The number of nitrogens with one attached hydrogen (secondary N) is 2. The molecule has 1 saturated heterocycles. The van der Waals surface area contributed by atoms with Crippen LogP contribution in [0.4, 0.5) is 9.18 Å². The first-order chi connectivity index (χ1) is 13.1. The maximum Gasteiger partial charge on any atom is 0.315 e. The summed E-state index contributed by atoms with van der Waals surface area (Å²) >= 11 is 5.91. The van der Waals surface area contributed by atoms with Gasteiger partial charge in [-0.1, -0.05) is 29.8 Å². The molecule has 148 valence electrons. The van der Waals surface area contributed by atoms with E-state index in [2.05, 4.69) is 10.6 Å². The minimum Gasteiger partial charge on any atom is -0.336 e. The van der Waals surface area contributed by atoms with E-state index in [1.807, 2.05) is 0 Å². The minimum atomic E-state index is -3.36. The van der Waals surface area contributed by atoms with E-state index in [0.29, 0.717) is 11.1 Å². The van der Waals surface area contributed by atoms with Crippen molar-refractivity contribution in [3.63, 3.8) is 0 Å². The van der Waals surface area contributed by atoms with Gasteiger partial charge in [0.15, 0.2) is 15.6 Å². The Morgan fingerprint density at radius 3 is 2.39 bits per heavy atom. The average molecular weight is 425 g/mol. The highest BCUT2D eigenvalue weighted by molar-refractivity contribution is 7.90. The Kier molecular flexibility index (Phi) is 5.71. The molecule has 0 spiro atoms. The number of Topliss-reactive ketones (excluding diaryl/α,β-unsaturated/α-hetero) is 1. The van der Waals surface area contributed by atoms with Gasteiger partial charge in [-0.25, -0.2) is 17.6 Å². The van der Waals surface area contributed by atoms with Crippen LogP contribution in [0.15, 0.2) is 47.4 Å². The van der Waals surface area contributed by atoms with E-state index in [-0.39, 0.29) is 28.7 Å². The van der Waals surface area contributed by atoms with Crippen molar-refractivity contribution >= 4 is 33.3 Å². The van der Waals surface area contributed by atoms with Crippen LogP contribution < -0.4 is 10.6 Å². The lowest BCUT2D eigenvalue weighted by atomic mass is 9.86. The number of halogens is 2. The Labute approximate surface area is 167 Å². The summed E-state index contributed by atoms with van der Waals surface area (Å²) in [6.07, 6.45) is 1.14. The fraction of sp³-hybridized carbons (Fsp3) is 0.263. The summed E-state index contributed by atoms with van der Waals surface area (Å²) in [6, 6.07) is 9.32. The molecule has 9 heteroatoms. The Morgan fingerprint density at radius 2 is 1.86 bits per heavy atom. The molecule has 3 rings (SSSR count). The van der Waals surface area contributed by atoms with Crippen molar-refractivity contribution < 1.29 is 22.4 Å². The first-order valence-electron chi connectivity index (χ1n) is 8.47. The van der Waals surface area contributed by atoms with Crippen molar-refractivity contribution in [1.29, 1.82) is 0 Å². The Bertz CT molecular complexity index is 1020. The van der Waals surface area contributed by atoms with Crippen LogP contribution in [-0.4, -0.2) is 39.1 Å². The van der Waals surface area contributed by atoms with Crippen LogP contribution in [0, 0.1) is 5.82 Å². The number of sulfone groups is 1. The quantitative estimate of drug-likeness (QED) is 0.745. The molecule has 28 heavy (non-hydrogen) atoms. The van der Waals surface area contributed by atoms with Gasteiger partial charge >= 0.3 is 6.03 Å². The summed E-state index contributed by atoms with van der Waals surface area (Å²) in [5.74, 6) is -1.25. The van der Waals surface area contributed by atoms with Gasteiger partial charge in [-0.3, -0.25) is 4.79 Å². The predicted molar refractivity (Wildman–Crippen MR) is 103 cm³/mol. The van der Waals surface area contributed by atoms with Gasteiger partial charge in [0, 0.05) is 25.1 Å². The smallest absolute Gasteiger partial charge is 0.315 e. The largest absolute Gasteiger partial charge is 0.336 e. The molecule has 6 nitrogen and oxygen atoms in total. The number of amides is 2. The van der Waals surface area contributed by atoms with E-state index in [1.54, 1.807) is 12.1 Å². The fourth-order valence-corrected chi connectivity index (χ4v) is 3.92. The molecule has 1 heterocycles. The summed E-state index contributed by atoms with van der Waals surface area (Å²) in [5.41, 5.74) is 1.30. The molecule has 1 fully saturated rings. The van der Waals surface area contributed by atoms with Gasteiger partial charge in [0.25, 0.3) is 0 Å². The van der Waals surface area contributed by atoms with Crippen LogP contribution >= 0.6 is 11.6 Å². The second-order valence-corrected chi connectivity index (χ2v) is 9.07. The maximum atomic E-state index is 13.6. The Morgan fingerprint density at radius 1 is 1.21 bits per heavy atom. The van der Waals surface area contributed by atoms with E-state index in [4.69, 9.17) is 11.6 Å². The molecule has 0 radical (unpaired) electrons. The van der Waals surface area contributed by atoms with Crippen molar-refractivity contribution in [1.82, 2.24) is 10.6 Å². The number of hydrogen-bond acceptors (Lipinski definition) is 4. The van der Waals surface area contributed by atoms with E-state index in [9.17, 15) is 22.4 Å². The van der Waals surface area contributed by atoms with Gasteiger partial charge in [0.05, 0.1) is 9.92 Å². The normalized spacial score (nSPS) is 17.7. The van der Waals surface area contributed by atoms with Crippen molar-refractivity contribution in [2.75, 3.05) is 12.8 Å². The molecule has 0 saturated carbocycles. The molecule has 2 atom stereocenters. The molecule has 2 amide bonds. The lowest BCUT2D eigenvalue weighted by Gasteiger charge is -2.20. The topological polar surface area (TPSA) is 92.3 Å². The van der Waals surface area contributed by atoms with Crippen LogP contribution in [0.1, 0.15) is 23.5 Å². The van der Waals surface area contributed by atoms with Gasteiger partial charge in [-0.05, 0) is 35.4 Å². The van der Waals surface area contributed by atoms with Gasteiger partial charge in [0.2, 0.25) is 0 Å². The van der Waals surface area contributed by atoms with E-state index in [0.717, 1.165) is 6.26 Å². The third-order valence-electron chi connectivity index (χ3n) is 4.62. The standard InChI is InChI=1S/C19H18ClFN2O4S/c1-28(26,27)13-5-2-11(3-6-13)14(12-4-7-16(21)15(20)8-12)9-18(24)17-10-22-19(25)23-17/h2-8,14,17H,9-10H2,1H3,(H2,22,23,25)/t14?,17-/m0/s1. The summed E-state index contributed by atoms with van der Waals surface area (Å²) < 4.78 is 37.0. The molecule has 2 N–H and O–H groups in total. The summed E-state index contributed by atoms with van der Waals surface area (Å²) in [4.78, 5) is 24.1. The van der Waals surface area contributed by atoms with Crippen LogP contribution in [0.5, 0.6) is 0 Å². The average Bonchev–Trinajstić information content (AvgIpc) is 3.08. The first kappa shape index (κ1) is 20.3. The van der Waals surface area contributed by atoms with E-state index >= 15 is 0 Å².